The fraction of sp³-hybridized carbons (Fsp3) is 0.556. The molecule has 0 unspecified atom stereocenters. The molecule has 0 aromatic carbocycles. The molecule has 0 N–H and O–H groups in total. The van der Waals surface area contributed by atoms with E-state index in [1.54, 1.807) is 18.6 Å². The number of rotatable bonds is 3. The van der Waals surface area contributed by atoms with Crippen molar-refractivity contribution in [1.29, 1.82) is 0 Å². The molecule has 4 aliphatic rings. The number of esters is 2. The van der Waals surface area contributed by atoms with Crippen molar-refractivity contribution in [2.75, 3.05) is 7.11 Å². The average Bonchev–Trinajstić information content (AvgIpc) is 3.32. The van der Waals surface area contributed by atoms with Crippen LogP contribution in [0.4, 0.5) is 0 Å². The summed E-state index contributed by atoms with van der Waals surface area (Å²) in [6, 6.07) is 1.80. The van der Waals surface area contributed by atoms with Crippen molar-refractivity contribution in [3.63, 3.8) is 0 Å². The Kier molecular flexibility index (Phi) is 4.88. The largest absolute Gasteiger partial charge is 0.472 e. The number of methoxy groups -OCH3 is 1. The minimum absolute atomic E-state index is 0.0169. The zero-order chi connectivity index (χ0) is 24.6. The molecular weight excluding hydrogens is 436 g/mol. The summed E-state index contributed by atoms with van der Waals surface area (Å²) in [5.74, 6) is -2.46. The fourth-order valence-electron chi connectivity index (χ4n) is 7.22. The van der Waals surface area contributed by atoms with Crippen LogP contribution >= 0.6 is 0 Å². The average molecular weight is 467 g/mol. The number of carbonyl (C=O) groups excluding carboxylic acids is 4. The fourth-order valence-corrected chi connectivity index (χ4v) is 7.22. The van der Waals surface area contributed by atoms with E-state index in [1.807, 2.05) is 20.8 Å². The molecule has 1 fully saturated rings. The number of allylic oxidation sites excluding steroid dienone is 2. The second-order valence-corrected chi connectivity index (χ2v) is 11.0. The lowest BCUT2D eigenvalue weighted by molar-refractivity contribution is -0.162. The number of furan rings is 1. The van der Waals surface area contributed by atoms with Crippen molar-refractivity contribution >= 4 is 23.5 Å². The van der Waals surface area contributed by atoms with Crippen LogP contribution in [0.5, 0.6) is 0 Å². The SMILES string of the molecule is COC(=O)C[C@H]1C(C)(C)C(=O)[C@@H]2CC3=C(CC[C@]4(C)C3=CC(=O)O[C@H]4c3ccoc3)[C@@]1(C)C2=O. The first-order valence-electron chi connectivity index (χ1n) is 11.8. The van der Waals surface area contributed by atoms with Gasteiger partial charge in [0.25, 0.3) is 0 Å². The van der Waals surface area contributed by atoms with Gasteiger partial charge in [-0.25, -0.2) is 4.79 Å². The third-order valence-corrected chi connectivity index (χ3v) is 9.10. The van der Waals surface area contributed by atoms with Crippen LogP contribution in [-0.2, 0) is 28.7 Å². The van der Waals surface area contributed by atoms with Gasteiger partial charge in [-0.05, 0) is 49.3 Å². The number of Topliss-reactive ketones (excluding diaryl/α,β-unsaturated/α-hetero) is 2. The normalized spacial score (nSPS) is 36.3. The van der Waals surface area contributed by atoms with Crippen molar-refractivity contribution in [2.24, 2.45) is 28.1 Å². The van der Waals surface area contributed by atoms with Gasteiger partial charge in [0.1, 0.15) is 11.9 Å². The summed E-state index contributed by atoms with van der Waals surface area (Å²) in [5, 5.41) is 0. The van der Waals surface area contributed by atoms with Crippen LogP contribution in [0.25, 0.3) is 0 Å². The van der Waals surface area contributed by atoms with Crippen molar-refractivity contribution in [2.45, 2.75) is 59.5 Å². The molecule has 1 aromatic heterocycles. The molecular formula is C27H30O7. The molecule has 5 atom stereocenters. The Labute approximate surface area is 198 Å². The highest BCUT2D eigenvalue weighted by Gasteiger charge is 2.65. The number of fused-ring (bicyclic) bond motifs is 5. The van der Waals surface area contributed by atoms with Gasteiger partial charge < -0.3 is 13.9 Å². The highest BCUT2D eigenvalue weighted by molar-refractivity contribution is 6.12. The summed E-state index contributed by atoms with van der Waals surface area (Å²) >= 11 is 0. The van der Waals surface area contributed by atoms with E-state index in [9.17, 15) is 19.2 Å². The lowest BCUT2D eigenvalue weighted by atomic mass is 9.43. The Hall–Kier alpha value is -2.96. The molecule has 2 heterocycles. The van der Waals surface area contributed by atoms with Gasteiger partial charge in [-0.3, -0.25) is 14.4 Å². The third kappa shape index (κ3) is 2.82. The van der Waals surface area contributed by atoms with E-state index in [1.165, 1.54) is 13.2 Å². The monoisotopic (exact) mass is 466 g/mol. The van der Waals surface area contributed by atoms with Crippen LogP contribution in [0.2, 0.25) is 0 Å². The summed E-state index contributed by atoms with van der Waals surface area (Å²) < 4.78 is 16.0. The van der Waals surface area contributed by atoms with E-state index < -0.39 is 46.1 Å². The number of hydrogen-bond acceptors (Lipinski definition) is 7. The van der Waals surface area contributed by atoms with Crippen molar-refractivity contribution in [3.8, 4) is 0 Å². The summed E-state index contributed by atoms with van der Waals surface area (Å²) in [5.41, 5.74) is 1.11. The van der Waals surface area contributed by atoms with Gasteiger partial charge in [-0.15, -0.1) is 0 Å². The quantitative estimate of drug-likeness (QED) is 0.484. The molecule has 0 spiro atoms. The molecule has 3 aliphatic carbocycles. The number of carbonyl (C=O) groups is 4. The summed E-state index contributed by atoms with van der Waals surface area (Å²) in [4.78, 5) is 52.5. The zero-order valence-corrected chi connectivity index (χ0v) is 20.2. The molecule has 180 valence electrons. The first kappa shape index (κ1) is 22.8. The summed E-state index contributed by atoms with van der Waals surface area (Å²) in [7, 11) is 1.32. The lowest BCUT2D eigenvalue weighted by Crippen LogP contribution is -2.61. The molecule has 5 rings (SSSR count). The van der Waals surface area contributed by atoms with Gasteiger partial charge in [0.2, 0.25) is 0 Å². The van der Waals surface area contributed by atoms with Crippen molar-refractivity contribution in [1.82, 2.24) is 0 Å². The van der Waals surface area contributed by atoms with Gasteiger partial charge in [0, 0.05) is 22.5 Å². The first-order chi connectivity index (χ1) is 16.0. The van der Waals surface area contributed by atoms with Gasteiger partial charge in [-0.2, -0.15) is 0 Å². The van der Waals surface area contributed by atoms with E-state index >= 15 is 0 Å². The molecule has 7 heteroatoms. The second kappa shape index (κ2) is 7.27. The van der Waals surface area contributed by atoms with Gasteiger partial charge in [-0.1, -0.05) is 26.3 Å². The molecule has 2 bridgehead atoms. The molecule has 0 saturated heterocycles. The molecule has 1 aliphatic heterocycles. The molecule has 0 radical (unpaired) electrons. The van der Waals surface area contributed by atoms with Gasteiger partial charge in [0.05, 0.1) is 37.4 Å². The number of ketones is 2. The maximum absolute atomic E-state index is 13.8. The van der Waals surface area contributed by atoms with E-state index in [4.69, 9.17) is 13.9 Å². The van der Waals surface area contributed by atoms with Crippen LogP contribution in [0, 0.1) is 28.1 Å². The molecule has 1 saturated carbocycles. The Balaban J connectivity index is 1.70. The highest BCUT2D eigenvalue weighted by Crippen LogP contribution is 2.65. The van der Waals surface area contributed by atoms with Crippen LogP contribution < -0.4 is 0 Å². The first-order valence-corrected chi connectivity index (χ1v) is 11.8. The van der Waals surface area contributed by atoms with E-state index in [0.717, 1.165) is 22.3 Å². The Bertz CT molecular complexity index is 1170. The number of hydrogen-bond donors (Lipinski definition) is 0. The molecule has 1 aromatic rings. The van der Waals surface area contributed by atoms with Crippen LogP contribution in [-0.4, -0.2) is 30.6 Å². The predicted octanol–water partition coefficient (Wildman–Crippen LogP) is 4.28. The molecule has 0 amide bonds. The maximum Gasteiger partial charge on any atom is 0.331 e. The Morgan fingerprint density at radius 1 is 1.15 bits per heavy atom. The summed E-state index contributed by atoms with van der Waals surface area (Å²) in [6.07, 6.45) is 5.71. The topological polar surface area (TPSA) is 99.9 Å². The van der Waals surface area contributed by atoms with E-state index in [0.29, 0.717) is 12.8 Å². The zero-order valence-electron chi connectivity index (χ0n) is 20.2. The summed E-state index contributed by atoms with van der Waals surface area (Å²) in [6.45, 7) is 7.63. The highest BCUT2D eigenvalue weighted by atomic mass is 16.5. The van der Waals surface area contributed by atoms with Crippen LogP contribution in [0.3, 0.4) is 0 Å². The van der Waals surface area contributed by atoms with Gasteiger partial charge in [0.15, 0.2) is 5.78 Å². The smallest absolute Gasteiger partial charge is 0.331 e. The van der Waals surface area contributed by atoms with Crippen molar-refractivity contribution in [3.05, 3.63) is 47.0 Å². The minimum Gasteiger partial charge on any atom is -0.472 e. The van der Waals surface area contributed by atoms with Gasteiger partial charge >= 0.3 is 11.9 Å². The minimum atomic E-state index is -0.988. The van der Waals surface area contributed by atoms with Crippen LogP contribution in [0.15, 0.2) is 45.8 Å². The van der Waals surface area contributed by atoms with E-state index in [2.05, 4.69) is 6.92 Å². The maximum atomic E-state index is 13.8. The molecule has 7 nitrogen and oxygen atoms in total. The Morgan fingerprint density at radius 2 is 1.88 bits per heavy atom. The number of cyclic esters (lactones) is 1. The predicted molar refractivity (Wildman–Crippen MR) is 120 cm³/mol. The second-order valence-electron chi connectivity index (χ2n) is 11.0. The van der Waals surface area contributed by atoms with Crippen LogP contribution in [0.1, 0.15) is 65.0 Å². The number of ether oxygens (including phenoxy) is 2. The van der Waals surface area contributed by atoms with E-state index in [-0.39, 0.29) is 24.4 Å². The lowest BCUT2D eigenvalue weighted by Gasteiger charge is -2.58. The standard InChI is InChI=1S/C27H30O7/c1-25(2)19(12-20(28)32-5)27(4)17-6-8-26(3)18(15(17)10-16(22(25)30)23(27)31)11-21(29)34-24(26)14-7-9-33-13-14/h7,9,11,13,16,19,24H,6,8,10,12H2,1-5H3/t16-,19-,24-,26+,27+/m0/s1. The Morgan fingerprint density at radius 3 is 2.53 bits per heavy atom. The molecule has 34 heavy (non-hydrogen) atoms. The third-order valence-electron chi connectivity index (χ3n) is 9.10. The van der Waals surface area contributed by atoms with Crippen molar-refractivity contribution < 1.29 is 33.1 Å².